The van der Waals surface area contributed by atoms with Crippen molar-refractivity contribution < 1.29 is 9.47 Å². The van der Waals surface area contributed by atoms with Crippen molar-refractivity contribution in [2.24, 2.45) is 0 Å². The van der Waals surface area contributed by atoms with E-state index in [1.807, 2.05) is 24.3 Å². The van der Waals surface area contributed by atoms with Crippen LogP contribution in [0.2, 0.25) is 0 Å². The highest BCUT2D eigenvalue weighted by molar-refractivity contribution is 14.1. The molecule has 0 fully saturated rings. The van der Waals surface area contributed by atoms with Gasteiger partial charge in [-0.05, 0) is 30.2 Å². The molecule has 1 unspecified atom stereocenters. The van der Waals surface area contributed by atoms with Crippen LogP contribution in [-0.2, 0) is 11.3 Å². The van der Waals surface area contributed by atoms with E-state index in [-0.39, 0.29) is 6.10 Å². The first-order valence-electron chi connectivity index (χ1n) is 6.60. The predicted molar refractivity (Wildman–Crippen MR) is 90.6 cm³/mol. The van der Waals surface area contributed by atoms with Gasteiger partial charge in [-0.3, -0.25) is 0 Å². The average Bonchev–Trinajstić information content (AvgIpc) is 2.48. The molecule has 2 aromatic carbocycles. The molecule has 0 spiro atoms. The van der Waals surface area contributed by atoms with Crippen molar-refractivity contribution in [1.82, 2.24) is 0 Å². The van der Waals surface area contributed by atoms with Gasteiger partial charge in [-0.25, -0.2) is 0 Å². The van der Waals surface area contributed by atoms with E-state index in [1.54, 1.807) is 7.11 Å². The monoisotopic (exact) mass is 382 g/mol. The Morgan fingerprint density at radius 1 is 1.10 bits per heavy atom. The molecule has 0 bridgehead atoms. The Balaban J connectivity index is 1.99. The molecular weight excluding hydrogens is 363 g/mol. The maximum Gasteiger partial charge on any atom is 0.118 e. The number of alkyl halides is 1. The summed E-state index contributed by atoms with van der Waals surface area (Å²) in [5.74, 6) is 0.873. The molecule has 0 saturated heterocycles. The first kappa shape index (κ1) is 15.3. The van der Waals surface area contributed by atoms with Crippen LogP contribution in [0.25, 0.3) is 0 Å². The standard InChI is InChI=1S/C17H19IO2/c1-13-4-3-5-15(10-13)17(11-18)20-12-14-6-8-16(19-2)9-7-14/h3-10,17H,11-12H2,1-2H3. The molecule has 0 aliphatic heterocycles. The fourth-order valence-electron chi connectivity index (χ4n) is 2.02. The first-order valence-corrected chi connectivity index (χ1v) is 8.12. The number of halogens is 1. The molecular formula is C17H19IO2. The SMILES string of the molecule is COc1ccc(COC(CI)c2cccc(C)c2)cc1. The molecule has 0 saturated carbocycles. The van der Waals surface area contributed by atoms with Gasteiger partial charge < -0.3 is 9.47 Å². The Bertz CT molecular complexity index is 537. The number of aryl methyl sites for hydroxylation is 1. The molecule has 0 amide bonds. The summed E-state index contributed by atoms with van der Waals surface area (Å²) in [5.41, 5.74) is 3.67. The molecule has 2 nitrogen and oxygen atoms in total. The lowest BCUT2D eigenvalue weighted by Gasteiger charge is -2.16. The van der Waals surface area contributed by atoms with Gasteiger partial charge in [0.1, 0.15) is 5.75 Å². The van der Waals surface area contributed by atoms with Crippen LogP contribution >= 0.6 is 22.6 Å². The van der Waals surface area contributed by atoms with Crippen LogP contribution in [0.5, 0.6) is 5.75 Å². The molecule has 0 heterocycles. The molecule has 106 valence electrons. The minimum Gasteiger partial charge on any atom is -0.497 e. The fourth-order valence-corrected chi connectivity index (χ4v) is 2.78. The number of methoxy groups -OCH3 is 1. The summed E-state index contributed by atoms with van der Waals surface area (Å²) in [6, 6.07) is 16.5. The summed E-state index contributed by atoms with van der Waals surface area (Å²) in [7, 11) is 1.68. The molecule has 0 aromatic heterocycles. The molecule has 2 aromatic rings. The summed E-state index contributed by atoms with van der Waals surface area (Å²) in [5, 5.41) is 0. The average molecular weight is 382 g/mol. The normalized spacial score (nSPS) is 12.2. The predicted octanol–water partition coefficient (Wildman–Crippen LogP) is 4.70. The molecule has 0 N–H and O–H groups in total. The number of ether oxygens (including phenoxy) is 2. The third-order valence-corrected chi connectivity index (χ3v) is 3.96. The minimum atomic E-state index is 0.137. The third-order valence-electron chi connectivity index (χ3n) is 3.16. The number of benzene rings is 2. The summed E-state index contributed by atoms with van der Waals surface area (Å²) < 4.78 is 12.1. The van der Waals surface area contributed by atoms with E-state index >= 15 is 0 Å². The third kappa shape index (κ3) is 4.21. The maximum absolute atomic E-state index is 6.04. The lowest BCUT2D eigenvalue weighted by molar-refractivity contribution is 0.0577. The van der Waals surface area contributed by atoms with Crippen LogP contribution in [0, 0.1) is 6.92 Å². The molecule has 0 aliphatic carbocycles. The zero-order chi connectivity index (χ0) is 14.4. The van der Waals surface area contributed by atoms with E-state index in [0.717, 1.165) is 15.7 Å². The van der Waals surface area contributed by atoms with Gasteiger partial charge >= 0.3 is 0 Å². The van der Waals surface area contributed by atoms with E-state index in [4.69, 9.17) is 9.47 Å². The highest BCUT2D eigenvalue weighted by atomic mass is 127. The Morgan fingerprint density at radius 2 is 1.85 bits per heavy atom. The van der Waals surface area contributed by atoms with Gasteiger partial charge in [0.25, 0.3) is 0 Å². The zero-order valence-electron chi connectivity index (χ0n) is 11.8. The Hall–Kier alpha value is -1.07. The summed E-state index contributed by atoms with van der Waals surface area (Å²) in [6.45, 7) is 2.73. The van der Waals surface area contributed by atoms with E-state index in [1.165, 1.54) is 11.1 Å². The van der Waals surface area contributed by atoms with Crippen LogP contribution < -0.4 is 4.74 Å². The van der Waals surface area contributed by atoms with Crippen molar-refractivity contribution in [3.05, 3.63) is 65.2 Å². The Labute approximate surface area is 134 Å². The van der Waals surface area contributed by atoms with Crippen molar-refractivity contribution in [1.29, 1.82) is 0 Å². The van der Waals surface area contributed by atoms with Crippen molar-refractivity contribution in [3.63, 3.8) is 0 Å². The van der Waals surface area contributed by atoms with Crippen molar-refractivity contribution in [2.45, 2.75) is 19.6 Å². The second kappa shape index (κ2) is 7.64. The summed E-state index contributed by atoms with van der Waals surface area (Å²) >= 11 is 2.37. The molecule has 1 atom stereocenters. The zero-order valence-corrected chi connectivity index (χ0v) is 14.0. The topological polar surface area (TPSA) is 18.5 Å². The van der Waals surface area contributed by atoms with Crippen molar-refractivity contribution >= 4 is 22.6 Å². The second-order valence-corrected chi connectivity index (χ2v) is 5.60. The van der Waals surface area contributed by atoms with Crippen molar-refractivity contribution in [3.8, 4) is 5.75 Å². The van der Waals surface area contributed by atoms with Crippen LogP contribution in [0.3, 0.4) is 0 Å². The van der Waals surface area contributed by atoms with E-state index in [0.29, 0.717) is 6.61 Å². The molecule has 0 radical (unpaired) electrons. The minimum absolute atomic E-state index is 0.137. The molecule has 3 heteroatoms. The maximum atomic E-state index is 6.04. The Kier molecular flexibility index (Phi) is 5.86. The number of rotatable bonds is 6. The van der Waals surface area contributed by atoms with Crippen LogP contribution in [0.1, 0.15) is 22.8 Å². The Morgan fingerprint density at radius 3 is 2.45 bits per heavy atom. The first-order chi connectivity index (χ1) is 9.72. The van der Waals surface area contributed by atoms with Crippen molar-refractivity contribution in [2.75, 3.05) is 11.5 Å². The smallest absolute Gasteiger partial charge is 0.118 e. The fraction of sp³-hybridized carbons (Fsp3) is 0.294. The van der Waals surface area contributed by atoms with E-state index in [9.17, 15) is 0 Å². The molecule has 2 rings (SSSR count). The van der Waals surface area contributed by atoms with Crippen LogP contribution in [0.4, 0.5) is 0 Å². The summed E-state index contributed by atoms with van der Waals surface area (Å²) in [4.78, 5) is 0. The van der Waals surface area contributed by atoms with Crippen LogP contribution in [-0.4, -0.2) is 11.5 Å². The second-order valence-electron chi connectivity index (χ2n) is 4.72. The van der Waals surface area contributed by atoms with E-state index < -0.39 is 0 Å². The number of hydrogen-bond donors (Lipinski definition) is 0. The lowest BCUT2D eigenvalue weighted by Crippen LogP contribution is -2.06. The van der Waals surface area contributed by atoms with Gasteiger partial charge in [-0.2, -0.15) is 0 Å². The molecule has 20 heavy (non-hydrogen) atoms. The van der Waals surface area contributed by atoms with E-state index in [2.05, 4.69) is 53.8 Å². The van der Waals surface area contributed by atoms with Crippen LogP contribution in [0.15, 0.2) is 48.5 Å². The van der Waals surface area contributed by atoms with Gasteiger partial charge in [0, 0.05) is 4.43 Å². The van der Waals surface area contributed by atoms with Gasteiger partial charge in [-0.15, -0.1) is 0 Å². The van der Waals surface area contributed by atoms with Gasteiger partial charge in [0.05, 0.1) is 19.8 Å². The van der Waals surface area contributed by atoms with Gasteiger partial charge in [0.15, 0.2) is 0 Å². The number of hydrogen-bond acceptors (Lipinski definition) is 2. The lowest BCUT2D eigenvalue weighted by atomic mass is 10.1. The largest absolute Gasteiger partial charge is 0.497 e. The highest BCUT2D eigenvalue weighted by Gasteiger charge is 2.10. The quantitative estimate of drug-likeness (QED) is 0.533. The van der Waals surface area contributed by atoms with Gasteiger partial charge in [0.2, 0.25) is 0 Å². The highest BCUT2D eigenvalue weighted by Crippen LogP contribution is 2.23. The van der Waals surface area contributed by atoms with Gasteiger partial charge in [-0.1, -0.05) is 64.6 Å². The molecule has 0 aliphatic rings. The summed E-state index contributed by atoms with van der Waals surface area (Å²) in [6.07, 6.45) is 0.137.